The Labute approximate surface area is 159 Å². The number of aromatic nitrogens is 2. The minimum Gasteiger partial charge on any atom is -0.477 e. The second-order valence-corrected chi connectivity index (χ2v) is 7.02. The van der Waals surface area contributed by atoms with Crippen molar-refractivity contribution >= 4 is 28.8 Å². The number of quaternary nitrogens is 1. The highest BCUT2D eigenvalue weighted by Gasteiger charge is 2.33. The average molecular weight is 379 g/mol. The number of aliphatic carboxylic acids is 1. The fourth-order valence-corrected chi connectivity index (χ4v) is 3.98. The van der Waals surface area contributed by atoms with Gasteiger partial charge in [0.05, 0.1) is 17.8 Å². The molecule has 0 fully saturated rings. The second-order valence-electron chi connectivity index (χ2n) is 6.16. The van der Waals surface area contributed by atoms with Crippen LogP contribution in [0.4, 0.5) is 5.69 Å². The van der Waals surface area contributed by atoms with E-state index in [9.17, 15) is 14.7 Å². The van der Waals surface area contributed by atoms with Crippen LogP contribution in [0, 0.1) is 0 Å². The number of nitrogens with one attached hydrogen (secondary N) is 2. The van der Waals surface area contributed by atoms with Crippen LogP contribution >= 0.6 is 11.3 Å². The highest BCUT2D eigenvalue weighted by Crippen LogP contribution is 2.31. The first-order valence-corrected chi connectivity index (χ1v) is 9.38. The molecule has 3 heterocycles. The fraction of sp³-hybridized carbons (Fsp3) is 0.100. The molecule has 2 aromatic heterocycles. The topological polar surface area (TPSA) is 85.8 Å². The van der Waals surface area contributed by atoms with E-state index in [1.807, 2.05) is 49.0 Å². The van der Waals surface area contributed by atoms with Crippen LogP contribution in [0.25, 0.3) is 21.8 Å². The van der Waals surface area contributed by atoms with Crippen molar-refractivity contribution in [3.05, 3.63) is 65.4 Å². The van der Waals surface area contributed by atoms with Crippen molar-refractivity contribution in [2.24, 2.45) is 0 Å². The molecule has 0 amide bonds. The van der Waals surface area contributed by atoms with E-state index in [0.717, 1.165) is 32.4 Å². The maximum Gasteiger partial charge on any atom is 0.345 e. The van der Waals surface area contributed by atoms with Crippen molar-refractivity contribution in [2.45, 2.75) is 6.92 Å². The smallest absolute Gasteiger partial charge is 0.345 e. The predicted octanol–water partition coefficient (Wildman–Crippen LogP) is 1.99. The van der Waals surface area contributed by atoms with E-state index in [-0.39, 0.29) is 5.57 Å². The van der Waals surface area contributed by atoms with Crippen molar-refractivity contribution in [1.82, 2.24) is 4.98 Å². The zero-order valence-electron chi connectivity index (χ0n) is 14.5. The Bertz CT molecular complexity index is 1070. The molecule has 6 nitrogen and oxygen atoms in total. The molecule has 3 aromatic rings. The second kappa shape index (κ2) is 6.86. The standard InChI is InChI=1S/C20H15N3O3S/c1-2-23-10-15(20(25)26)18(24)14-4-3-13(9-17(14)23)16-11-27-19(22-16)12-5-7-21-8-6-12/h3-11H,2H2,1H3,(H,25,26)/p+2. The van der Waals surface area contributed by atoms with Crippen molar-refractivity contribution < 1.29 is 24.6 Å². The lowest BCUT2D eigenvalue weighted by Gasteiger charge is -2.21. The van der Waals surface area contributed by atoms with E-state index >= 15 is 0 Å². The van der Waals surface area contributed by atoms with Crippen LogP contribution in [0.2, 0.25) is 0 Å². The fourth-order valence-electron chi connectivity index (χ4n) is 3.15. The number of Topliss-reactive ketones (excluding diaryl/α,β-unsaturated/α-hetero) is 1. The van der Waals surface area contributed by atoms with Gasteiger partial charge in [0.2, 0.25) is 5.78 Å². The predicted molar refractivity (Wildman–Crippen MR) is 101 cm³/mol. The van der Waals surface area contributed by atoms with E-state index < -0.39 is 11.8 Å². The number of benzene rings is 1. The Balaban J connectivity index is 1.74. The van der Waals surface area contributed by atoms with Crippen LogP contribution in [-0.2, 0) is 4.79 Å². The normalized spacial score (nSPS) is 16.0. The molecule has 0 aliphatic carbocycles. The molecule has 1 unspecified atom stereocenters. The minimum absolute atomic E-state index is 0.177. The lowest BCUT2D eigenvalue weighted by molar-refractivity contribution is -0.773. The highest BCUT2D eigenvalue weighted by molar-refractivity contribution is 7.13. The Morgan fingerprint density at radius 3 is 2.70 bits per heavy atom. The minimum atomic E-state index is -1.19. The third-order valence-corrected chi connectivity index (χ3v) is 5.44. The molecule has 0 bridgehead atoms. The molecule has 0 saturated carbocycles. The van der Waals surface area contributed by atoms with Gasteiger partial charge in [-0.2, -0.15) is 0 Å². The number of hydrogen-bond acceptors (Lipinski definition) is 4. The quantitative estimate of drug-likeness (QED) is 0.679. The van der Waals surface area contributed by atoms with Crippen molar-refractivity contribution in [3.8, 4) is 21.8 Å². The maximum absolute atomic E-state index is 12.5. The lowest BCUT2D eigenvalue weighted by Crippen LogP contribution is -3.03. The van der Waals surface area contributed by atoms with Gasteiger partial charge in [-0.3, -0.25) is 9.69 Å². The molecule has 1 atom stereocenters. The third-order valence-electron chi connectivity index (χ3n) is 4.55. The van der Waals surface area contributed by atoms with Gasteiger partial charge in [-0.25, -0.2) is 14.8 Å². The molecule has 1 aliphatic heterocycles. The van der Waals surface area contributed by atoms with Gasteiger partial charge in [-0.1, -0.05) is 6.07 Å². The Hall–Kier alpha value is -3.16. The summed E-state index contributed by atoms with van der Waals surface area (Å²) in [6, 6.07) is 9.39. The number of hydrogen-bond donors (Lipinski definition) is 2. The SMILES string of the molecule is CC[NH+]1C=C(C(=O)O)C(=O)c2ccc(-c3csc(-c4cc[nH+]cc4)n3)cc21. The Morgan fingerprint density at radius 2 is 2.00 bits per heavy atom. The molecule has 27 heavy (non-hydrogen) atoms. The van der Waals surface area contributed by atoms with Crippen LogP contribution in [0.1, 0.15) is 17.3 Å². The molecular formula is C20H17N3O3S+2. The summed E-state index contributed by atoms with van der Waals surface area (Å²) in [6.45, 7) is 2.59. The monoisotopic (exact) mass is 379 g/mol. The van der Waals surface area contributed by atoms with Crippen LogP contribution in [0.15, 0.2) is 59.9 Å². The summed E-state index contributed by atoms with van der Waals surface area (Å²) in [7, 11) is 0. The van der Waals surface area contributed by atoms with Gasteiger partial charge in [-0.15, -0.1) is 11.3 Å². The number of thiazole rings is 1. The zero-order chi connectivity index (χ0) is 19.0. The Kier molecular flexibility index (Phi) is 4.39. The molecule has 0 saturated heterocycles. The van der Waals surface area contributed by atoms with E-state index in [1.54, 1.807) is 17.4 Å². The summed E-state index contributed by atoms with van der Waals surface area (Å²) in [4.78, 5) is 32.4. The number of nitrogens with zero attached hydrogens (tertiary/aromatic N) is 1. The number of rotatable bonds is 4. The number of carboxylic acids is 1. The van der Waals surface area contributed by atoms with Crippen LogP contribution in [0.5, 0.6) is 0 Å². The molecular weight excluding hydrogens is 362 g/mol. The van der Waals surface area contributed by atoms with Gasteiger partial charge < -0.3 is 5.11 Å². The van der Waals surface area contributed by atoms with Gasteiger partial charge in [0.25, 0.3) is 0 Å². The van der Waals surface area contributed by atoms with Crippen molar-refractivity contribution in [1.29, 1.82) is 0 Å². The first-order chi connectivity index (χ1) is 13.1. The number of H-pyrrole nitrogens is 1. The number of carbonyl (C=O) groups is 2. The number of pyridine rings is 1. The van der Waals surface area contributed by atoms with Gasteiger partial charge in [0.1, 0.15) is 16.9 Å². The zero-order valence-corrected chi connectivity index (χ0v) is 15.3. The molecule has 4 rings (SSSR count). The van der Waals surface area contributed by atoms with Gasteiger partial charge in [0, 0.05) is 34.7 Å². The molecule has 1 aliphatic rings. The van der Waals surface area contributed by atoms with E-state index in [1.165, 1.54) is 6.20 Å². The van der Waals surface area contributed by atoms with Crippen LogP contribution < -0.4 is 9.88 Å². The molecule has 3 N–H and O–H groups in total. The first kappa shape index (κ1) is 17.3. The first-order valence-electron chi connectivity index (χ1n) is 8.50. The number of fused-ring (bicyclic) bond motifs is 1. The summed E-state index contributed by atoms with van der Waals surface area (Å²) in [5.74, 6) is -1.63. The summed E-state index contributed by atoms with van der Waals surface area (Å²) < 4.78 is 0. The summed E-state index contributed by atoms with van der Waals surface area (Å²) in [5, 5.41) is 12.2. The maximum atomic E-state index is 12.5. The molecule has 0 radical (unpaired) electrons. The van der Waals surface area contributed by atoms with Crippen molar-refractivity contribution in [2.75, 3.05) is 6.54 Å². The van der Waals surface area contributed by atoms with Crippen LogP contribution in [-0.4, -0.2) is 28.4 Å². The summed E-state index contributed by atoms with van der Waals surface area (Å²) in [6.07, 6.45) is 5.20. The number of aromatic amines is 1. The molecule has 134 valence electrons. The van der Waals surface area contributed by atoms with E-state index in [2.05, 4.69) is 4.98 Å². The number of carboxylic acid groups (broad SMARTS) is 1. The lowest BCUT2D eigenvalue weighted by atomic mass is 9.96. The average Bonchev–Trinajstić information content (AvgIpc) is 3.19. The molecule has 0 spiro atoms. The summed E-state index contributed by atoms with van der Waals surface area (Å²) in [5.41, 5.74) is 3.82. The molecule has 7 heteroatoms. The Morgan fingerprint density at radius 1 is 1.22 bits per heavy atom. The number of ketones is 1. The largest absolute Gasteiger partial charge is 0.477 e. The van der Waals surface area contributed by atoms with Gasteiger partial charge in [-0.05, 0) is 13.0 Å². The third kappa shape index (κ3) is 3.07. The van der Waals surface area contributed by atoms with Crippen molar-refractivity contribution in [3.63, 3.8) is 0 Å². The number of carbonyl (C=O) groups excluding carboxylic acids is 1. The van der Waals surface area contributed by atoms with Gasteiger partial charge >= 0.3 is 5.97 Å². The summed E-state index contributed by atoms with van der Waals surface area (Å²) >= 11 is 1.56. The van der Waals surface area contributed by atoms with Gasteiger partial charge in [0.15, 0.2) is 18.0 Å². The highest BCUT2D eigenvalue weighted by atomic mass is 32.1. The van der Waals surface area contributed by atoms with Crippen LogP contribution in [0.3, 0.4) is 0 Å². The molecule has 1 aromatic carbocycles. The van der Waals surface area contributed by atoms with E-state index in [4.69, 9.17) is 4.98 Å². The van der Waals surface area contributed by atoms with E-state index in [0.29, 0.717) is 12.1 Å².